The van der Waals surface area contributed by atoms with Gasteiger partial charge in [-0.05, 0) is 40.5 Å². The summed E-state index contributed by atoms with van der Waals surface area (Å²) in [5.74, 6) is 0. The molecule has 0 radical (unpaired) electrons. The highest BCUT2D eigenvalue weighted by atomic mass is 79.9. The van der Waals surface area contributed by atoms with Crippen LogP contribution in [0.15, 0.2) is 35.1 Å². The summed E-state index contributed by atoms with van der Waals surface area (Å²) < 4.78 is 2.72. The van der Waals surface area contributed by atoms with Gasteiger partial charge in [-0.2, -0.15) is 5.10 Å². The van der Waals surface area contributed by atoms with Gasteiger partial charge in [0.2, 0.25) is 0 Å². The number of aromatic nitrogens is 3. The average molecular weight is 346 g/mol. The summed E-state index contributed by atoms with van der Waals surface area (Å²) >= 11 is 3.43. The summed E-state index contributed by atoms with van der Waals surface area (Å²) in [6, 6.07) is 5.82. The smallest absolute Gasteiger partial charge is 0.0958 e. The minimum atomic E-state index is 0.714. The first kappa shape index (κ1) is 13.9. The van der Waals surface area contributed by atoms with Gasteiger partial charge in [-0.25, -0.2) is 0 Å². The van der Waals surface area contributed by atoms with Crippen molar-refractivity contribution in [1.82, 2.24) is 14.8 Å². The summed E-state index contributed by atoms with van der Waals surface area (Å²) in [6.07, 6.45) is 4.62. The van der Waals surface area contributed by atoms with E-state index in [4.69, 9.17) is 5.73 Å². The topological polar surface area (TPSA) is 68.8 Å². The number of nitrogens with two attached hydrogens (primary N) is 1. The molecule has 3 aromatic rings. The van der Waals surface area contributed by atoms with Crippen LogP contribution in [0.2, 0.25) is 0 Å². The Labute approximate surface area is 131 Å². The van der Waals surface area contributed by atoms with Crippen molar-refractivity contribution >= 4 is 43.9 Å². The number of rotatable bonds is 3. The molecule has 0 saturated carbocycles. The SMILES string of the molecule is CCc1nn(C)cc1Nc1ccc(N)c2cc(Br)cnc12. The summed E-state index contributed by atoms with van der Waals surface area (Å²) in [7, 11) is 1.92. The van der Waals surface area contributed by atoms with Gasteiger partial charge in [-0.15, -0.1) is 0 Å². The number of fused-ring (bicyclic) bond motifs is 1. The summed E-state index contributed by atoms with van der Waals surface area (Å²) in [5.41, 5.74) is 10.6. The van der Waals surface area contributed by atoms with E-state index in [0.29, 0.717) is 5.69 Å². The van der Waals surface area contributed by atoms with E-state index in [1.165, 1.54) is 0 Å². The molecule has 6 heteroatoms. The van der Waals surface area contributed by atoms with Crippen molar-refractivity contribution in [3.05, 3.63) is 40.8 Å². The largest absolute Gasteiger partial charge is 0.398 e. The van der Waals surface area contributed by atoms with Gasteiger partial charge in [-0.1, -0.05) is 6.92 Å². The van der Waals surface area contributed by atoms with Crippen LogP contribution in [0.25, 0.3) is 10.9 Å². The van der Waals surface area contributed by atoms with E-state index in [0.717, 1.165) is 38.9 Å². The first-order valence-corrected chi connectivity index (χ1v) is 7.51. The van der Waals surface area contributed by atoms with Crippen molar-refractivity contribution in [2.75, 3.05) is 11.1 Å². The van der Waals surface area contributed by atoms with Crippen molar-refractivity contribution in [2.45, 2.75) is 13.3 Å². The van der Waals surface area contributed by atoms with E-state index in [2.05, 4.69) is 38.3 Å². The van der Waals surface area contributed by atoms with E-state index in [-0.39, 0.29) is 0 Å². The molecule has 2 aromatic heterocycles. The molecule has 2 heterocycles. The summed E-state index contributed by atoms with van der Waals surface area (Å²) in [6.45, 7) is 2.09. The summed E-state index contributed by atoms with van der Waals surface area (Å²) in [4.78, 5) is 4.48. The van der Waals surface area contributed by atoms with Gasteiger partial charge < -0.3 is 11.1 Å². The zero-order valence-electron chi connectivity index (χ0n) is 11.9. The van der Waals surface area contributed by atoms with Crippen molar-refractivity contribution in [3.63, 3.8) is 0 Å². The van der Waals surface area contributed by atoms with Crippen LogP contribution in [0.1, 0.15) is 12.6 Å². The molecule has 0 saturated heterocycles. The van der Waals surface area contributed by atoms with Crippen LogP contribution in [0.3, 0.4) is 0 Å². The quantitative estimate of drug-likeness (QED) is 0.711. The zero-order chi connectivity index (χ0) is 15.0. The second kappa shape index (κ2) is 5.37. The van der Waals surface area contributed by atoms with Gasteiger partial charge in [0.15, 0.2) is 0 Å². The van der Waals surface area contributed by atoms with Gasteiger partial charge in [0.25, 0.3) is 0 Å². The van der Waals surface area contributed by atoms with E-state index < -0.39 is 0 Å². The van der Waals surface area contributed by atoms with Crippen LogP contribution in [-0.2, 0) is 13.5 Å². The van der Waals surface area contributed by atoms with Gasteiger partial charge in [0.1, 0.15) is 0 Å². The molecular weight excluding hydrogens is 330 g/mol. The number of nitrogen functional groups attached to an aromatic ring is 1. The van der Waals surface area contributed by atoms with Gasteiger partial charge in [0, 0.05) is 35.0 Å². The maximum atomic E-state index is 6.04. The third kappa shape index (κ3) is 2.58. The molecule has 0 unspecified atom stereocenters. The highest BCUT2D eigenvalue weighted by Gasteiger charge is 2.10. The Balaban J connectivity index is 2.10. The summed E-state index contributed by atoms with van der Waals surface area (Å²) in [5, 5.41) is 8.78. The molecule has 1 aromatic carbocycles. The lowest BCUT2D eigenvalue weighted by Crippen LogP contribution is -1.97. The number of aryl methyl sites for hydroxylation is 2. The number of nitrogens with one attached hydrogen (secondary N) is 1. The van der Waals surface area contributed by atoms with Crippen LogP contribution in [-0.4, -0.2) is 14.8 Å². The number of nitrogens with zero attached hydrogens (tertiary/aromatic N) is 3. The number of anilines is 3. The first-order valence-electron chi connectivity index (χ1n) is 6.71. The Morgan fingerprint density at radius 3 is 2.90 bits per heavy atom. The molecule has 0 atom stereocenters. The van der Waals surface area contributed by atoms with E-state index in [9.17, 15) is 0 Å². The molecule has 0 amide bonds. The van der Waals surface area contributed by atoms with Crippen LogP contribution >= 0.6 is 15.9 Å². The monoisotopic (exact) mass is 345 g/mol. The minimum Gasteiger partial charge on any atom is -0.398 e. The Bertz CT molecular complexity index is 809. The van der Waals surface area contributed by atoms with E-state index in [1.54, 1.807) is 6.20 Å². The Morgan fingerprint density at radius 1 is 1.33 bits per heavy atom. The van der Waals surface area contributed by atoms with Gasteiger partial charge in [0.05, 0.1) is 22.6 Å². The predicted molar refractivity (Wildman–Crippen MR) is 89.7 cm³/mol. The molecule has 0 aliphatic carbocycles. The Hall–Kier alpha value is -2.08. The average Bonchev–Trinajstić information content (AvgIpc) is 2.82. The Morgan fingerprint density at radius 2 is 2.14 bits per heavy atom. The molecule has 5 nitrogen and oxygen atoms in total. The number of halogens is 1. The molecule has 0 spiro atoms. The van der Waals surface area contributed by atoms with Crippen molar-refractivity contribution < 1.29 is 0 Å². The fourth-order valence-electron chi connectivity index (χ4n) is 2.36. The molecule has 0 fully saturated rings. The van der Waals surface area contributed by atoms with Crippen LogP contribution in [0.4, 0.5) is 17.1 Å². The first-order chi connectivity index (χ1) is 10.1. The maximum Gasteiger partial charge on any atom is 0.0958 e. The van der Waals surface area contributed by atoms with Gasteiger partial charge in [-0.3, -0.25) is 9.67 Å². The number of hydrogen-bond donors (Lipinski definition) is 2. The molecule has 0 bridgehead atoms. The molecule has 21 heavy (non-hydrogen) atoms. The molecular formula is C15H16BrN5. The lowest BCUT2D eigenvalue weighted by Gasteiger charge is -2.10. The third-order valence-electron chi connectivity index (χ3n) is 3.36. The van der Waals surface area contributed by atoms with Crippen molar-refractivity contribution in [3.8, 4) is 0 Å². The lowest BCUT2D eigenvalue weighted by atomic mass is 10.1. The number of hydrogen-bond acceptors (Lipinski definition) is 4. The van der Waals surface area contributed by atoms with Crippen LogP contribution in [0.5, 0.6) is 0 Å². The molecule has 0 aliphatic rings. The number of benzene rings is 1. The molecule has 3 N–H and O–H groups in total. The fourth-order valence-corrected chi connectivity index (χ4v) is 2.69. The maximum absolute atomic E-state index is 6.04. The normalized spacial score (nSPS) is 11.0. The number of pyridine rings is 1. The van der Waals surface area contributed by atoms with E-state index in [1.807, 2.05) is 36.1 Å². The standard InChI is InChI=1S/C15H16BrN5/c1-3-12-14(8-21(2)20-12)19-13-5-4-11(17)10-6-9(16)7-18-15(10)13/h4-8,19H,3,17H2,1-2H3. The van der Waals surface area contributed by atoms with E-state index >= 15 is 0 Å². The highest BCUT2D eigenvalue weighted by molar-refractivity contribution is 9.10. The van der Waals surface area contributed by atoms with Crippen LogP contribution < -0.4 is 11.1 Å². The van der Waals surface area contributed by atoms with Crippen molar-refractivity contribution in [1.29, 1.82) is 0 Å². The van der Waals surface area contributed by atoms with Gasteiger partial charge >= 0.3 is 0 Å². The second-order valence-electron chi connectivity index (χ2n) is 4.89. The molecule has 108 valence electrons. The van der Waals surface area contributed by atoms with Crippen molar-refractivity contribution in [2.24, 2.45) is 7.05 Å². The molecule has 0 aliphatic heterocycles. The fraction of sp³-hybridized carbons (Fsp3) is 0.200. The zero-order valence-corrected chi connectivity index (χ0v) is 13.5. The second-order valence-corrected chi connectivity index (χ2v) is 5.81. The van der Waals surface area contributed by atoms with Crippen LogP contribution in [0, 0.1) is 0 Å². The Kier molecular flexibility index (Phi) is 3.55. The molecule has 3 rings (SSSR count). The third-order valence-corrected chi connectivity index (χ3v) is 3.79. The lowest BCUT2D eigenvalue weighted by molar-refractivity contribution is 0.746. The predicted octanol–water partition coefficient (Wildman–Crippen LogP) is 3.62. The minimum absolute atomic E-state index is 0.714. The highest BCUT2D eigenvalue weighted by Crippen LogP contribution is 2.31.